The van der Waals surface area contributed by atoms with Gasteiger partial charge in [-0.3, -0.25) is 0 Å². The quantitative estimate of drug-likeness (QED) is 0.691. The van der Waals surface area contributed by atoms with Crippen LogP contribution in [-0.4, -0.2) is 19.1 Å². The summed E-state index contributed by atoms with van der Waals surface area (Å²) in [5.74, 6) is 1.76. The second kappa shape index (κ2) is 4.43. The van der Waals surface area contributed by atoms with E-state index in [1.807, 2.05) is 0 Å². The molecule has 2 fully saturated rings. The molecule has 2 saturated carbocycles. The van der Waals surface area contributed by atoms with Crippen LogP contribution in [0.15, 0.2) is 0 Å². The van der Waals surface area contributed by atoms with E-state index < -0.39 is 0 Å². The second-order valence-electron chi connectivity index (χ2n) is 4.81. The monoisotopic (exact) mass is 182 g/mol. The number of nitrogens with two attached hydrogens (primary N) is 1. The fourth-order valence-electron chi connectivity index (χ4n) is 2.28. The van der Waals surface area contributed by atoms with Gasteiger partial charge in [-0.05, 0) is 50.6 Å². The minimum Gasteiger partial charge on any atom is -0.327 e. The average Bonchev–Trinajstić information content (AvgIpc) is 2.92. The summed E-state index contributed by atoms with van der Waals surface area (Å²) in [4.78, 5) is 0. The van der Waals surface area contributed by atoms with Crippen LogP contribution in [0.1, 0.15) is 38.5 Å². The van der Waals surface area contributed by atoms with Crippen LogP contribution in [0.5, 0.6) is 0 Å². The Balaban J connectivity index is 1.60. The lowest BCUT2D eigenvalue weighted by Gasteiger charge is -2.28. The third-order valence-electron chi connectivity index (χ3n) is 3.50. The summed E-state index contributed by atoms with van der Waals surface area (Å²) in [7, 11) is 0. The summed E-state index contributed by atoms with van der Waals surface area (Å²) < 4.78 is 0. The Morgan fingerprint density at radius 2 is 1.77 bits per heavy atom. The van der Waals surface area contributed by atoms with Gasteiger partial charge in [-0.2, -0.15) is 0 Å². The van der Waals surface area contributed by atoms with Crippen LogP contribution in [0.2, 0.25) is 0 Å². The van der Waals surface area contributed by atoms with Gasteiger partial charge in [-0.15, -0.1) is 0 Å². The zero-order valence-electron chi connectivity index (χ0n) is 8.47. The molecule has 2 heteroatoms. The third-order valence-corrected chi connectivity index (χ3v) is 3.50. The number of hydrogen-bond acceptors (Lipinski definition) is 2. The fourth-order valence-corrected chi connectivity index (χ4v) is 2.28. The molecule has 0 aliphatic heterocycles. The maximum atomic E-state index is 6.07. The van der Waals surface area contributed by atoms with E-state index in [2.05, 4.69) is 5.32 Å². The predicted molar refractivity (Wildman–Crippen MR) is 55.5 cm³/mol. The van der Waals surface area contributed by atoms with E-state index in [1.54, 1.807) is 0 Å². The van der Waals surface area contributed by atoms with Gasteiger partial charge in [0.25, 0.3) is 0 Å². The molecule has 0 aromatic carbocycles. The zero-order chi connectivity index (χ0) is 9.10. The molecule has 2 atom stereocenters. The molecule has 2 rings (SSSR count). The number of nitrogens with one attached hydrogen (secondary N) is 1. The smallest absolute Gasteiger partial charge is 0.00792 e. The Kier molecular flexibility index (Phi) is 3.23. The lowest BCUT2D eigenvalue weighted by Crippen LogP contribution is -2.39. The highest BCUT2D eigenvalue weighted by Crippen LogP contribution is 2.28. The van der Waals surface area contributed by atoms with E-state index in [1.165, 1.54) is 45.1 Å². The van der Waals surface area contributed by atoms with Gasteiger partial charge in [-0.25, -0.2) is 0 Å². The van der Waals surface area contributed by atoms with Crippen molar-refractivity contribution in [3.05, 3.63) is 0 Å². The highest BCUT2D eigenvalue weighted by atomic mass is 14.9. The molecule has 2 nitrogen and oxygen atoms in total. The Morgan fingerprint density at radius 1 is 1.00 bits per heavy atom. The van der Waals surface area contributed by atoms with Crippen molar-refractivity contribution in [2.24, 2.45) is 17.6 Å². The molecular weight excluding hydrogens is 160 g/mol. The first kappa shape index (κ1) is 9.47. The van der Waals surface area contributed by atoms with Gasteiger partial charge in [0.15, 0.2) is 0 Å². The Bertz CT molecular complexity index is 154. The average molecular weight is 182 g/mol. The molecule has 0 spiro atoms. The zero-order valence-corrected chi connectivity index (χ0v) is 8.47. The summed E-state index contributed by atoms with van der Waals surface area (Å²) in [6, 6.07) is 0.473. The third kappa shape index (κ3) is 2.96. The van der Waals surface area contributed by atoms with Crippen molar-refractivity contribution >= 4 is 0 Å². The summed E-state index contributed by atoms with van der Waals surface area (Å²) in [6.45, 7) is 2.40. The molecule has 0 heterocycles. The minimum absolute atomic E-state index is 0.473. The molecule has 0 aromatic rings. The minimum atomic E-state index is 0.473. The molecule has 76 valence electrons. The summed E-state index contributed by atoms with van der Waals surface area (Å²) in [5, 5.41) is 3.57. The largest absolute Gasteiger partial charge is 0.327 e. The standard InChI is InChI=1S/C11H22N2/c12-11-4-2-1-3-10(11)8-13-7-9-5-6-9/h9-11,13H,1-8,12H2. The molecule has 0 bridgehead atoms. The molecule has 2 unspecified atom stereocenters. The molecule has 3 N–H and O–H groups in total. The molecule has 0 amide bonds. The Morgan fingerprint density at radius 3 is 2.46 bits per heavy atom. The van der Waals surface area contributed by atoms with Crippen LogP contribution >= 0.6 is 0 Å². The van der Waals surface area contributed by atoms with Gasteiger partial charge in [0.2, 0.25) is 0 Å². The topological polar surface area (TPSA) is 38.0 Å². The summed E-state index contributed by atoms with van der Waals surface area (Å²) in [6.07, 6.45) is 8.23. The number of hydrogen-bond donors (Lipinski definition) is 2. The van der Waals surface area contributed by atoms with E-state index in [0.29, 0.717) is 6.04 Å². The van der Waals surface area contributed by atoms with Crippen LogP contribution in [0.4, 0.5) is 0 Å². The van der Waals surface area contributed by atoms with E-state index in [0.717, 1.165) is 18.4 Å². The summed E-state index contributed by atoms with van der Waals surface area (Å²) in [5.41, 5.74) is 6.07. The normalized spacial score (nSPS) is 34.8. The first-order valence-electron chi connectivity index (χ1n) is 5.82. The van der Waals surface area contributed by atoms with Crippen molar-refractivity contribution < 1.29 is 0 Å². The van der Waals surface area contributed by atoms with Crippen LogP contribution in [0, 0.1) is 11.8 Å². The summed E-state index contributed by atoms with van der Waals surface area (Å²) >= 11 is 0. The van der Waals surface area contributed by atoms with Gasteiger partial charge in [0.1, 0.15) is 0 Å². The van der Waals surface area contributed by atoms with E-state index in [-0.39, 0.29) is 0 Å². The Labute approximate surface area is 81.3 Å². The molecule has 2 aliphatic carbocycles. The van der Waals surface area contributed by atoms with Crippen LogP contribution in [0.3, 0.4) is 0 Å². The first-order valence-corrected chi connectivity index (χ1v) is 5.82. The highest BCUT2D eigenvalue weighted by molar-refractivity contribution is 4.81. The van der Waals surface area contributed by atoms with Crippen molar-refractivity contribution in [2.45, 2.75) is 44.6 Å². The van der Waals surface area contributed by atoms with Crippen molar-refractivity contribution in [3.8, 4) is 0 Å². The number of rotatable bonds is 4. The van der Waals surface area contributed by atoms with E-state index in [4.69, 9.17) is 5.73 Å². The van der Waals surface area contributed by atoms with Gasteiger partial charge >= 0.3 is 0 Å². The lowest BCUT2D eigenvalue weighted by atomic mass is 9.85. The van der Waals surface area contributed by atoms with Crippen molar-refractivity contribution in [1.82, 2.24) is 5.32 Å². The van der Waals surface area contributed by atoms with Crippen LogP contribution in [0.25, 0.3) is 0 Å². The molecule has 0 saturated heterocycles. The molecule has 2 aliphatic rings. The molecule has 0 radical (unpaired) electrons. The SMILES string of the molecule is NC1CCCCC1CNCC1CC1. The van der Waals surface area contributed by atoms with Crippen molar-refractivity contribution in [3.63, 3.8) is 0 Å². The van der Waals surface area contributed by atoms with Gasteiger partial charge in [-0.1, -0.05) is 12.8 Å². The maximum Gasteiger partial charge on any atom is 0.00792 e. The first-order chi connectivity index (χ1) is 6.36. The van der Waals surface area contributed by atoms with Crippen molar-refractivity contribution in [2.75, 3.05) is 13.1 Å². The van der Waals surface area contributed by atoms with Gasteiger partial charge in [0, 0.05) is 6.04 Å². The van der Waals surface area contributed by atoms with Gasteiger partial charge < -0.3 is 11.1 Å². The van der Waals surface area contributed by atoms with E-state index >= 15 is 0 Å². The molecular formula is C11H22N2. The van der Waals surface area contributed by atoms with Crippen LogP contribution < -0.4 is 11.1 Å². The lowest BCUT2D eigenvalue weighted by molar-refractivity contribution is 0.296. The fraction of sp³-hybridized carbons (Fsp3) is 1.00. The van der Waals surface area contributed by atoms with Crippen LogP contribution in [-0.2, 0) is 0 Å². The second-order valence-corrected chi connectivity index (χ2v) is 4.81. The maximum absolute atomic E-state index is 6.07. The van der Waals surface area contributed by atoms with Crippen molar-refractivity contribution in [1.29, 1.82) is 0 Å². The Hall–Kier alpha value is -0.0800. The molecule has 0 aromatic heterocycles. The highest BCUT2D eigenvalue weighted by Gasteiger charge is 2.23. The van der Waals surface area contributed by atoms with Gasteiger partial charge in [0.05, 0.1) is 0 Å². The predicted octanol–water partition coefficient (Wildman–Crippen LogP) is 1.50. The molecule has 13 heavy (non-hydrogen) atoms. The van der Waals surface area contributed by atoms with E-state index in [9.17, 15) is 0 Å².